The Balaban J connectivity index is 1.62. The molecule has 0 saturated carbocycles. The predicted octanol–water partition coefficient (Wildman–Crippen LogP) is 0.973. The summed E-state index contributed by atoms with van der Waals surface area (Å²) >= 11 is 0. The van der Waals surface area contributed by atoms with Crippen LogP contribution in [0.2, 0.25) is 0 Å². The zero-order valence-corrected chi connectivity index (χ0v) is 14.6. The molecule has 4 amide bonds. The number of hydrogen-bond acceptors (Lipinski definition) is 5. The summed E-state index contributed by atoms with van der Waals surface area (Å²) in [7, 11) is 0. The summed E-state index contributed by atoms with van der Waals surface area (Å²) in [5.41, 5.74) is 0.657. The Morgan fingerprint density at radius 1 is 0.962 bits per heavy atom. The number of fused-ring (bicyclic) bond motifs is 1. The molecular formula is C18H21N3O5. The summed E-state index contributed by atoms with van der Waals surface area (Å²) in [6.45, 7) is 3.46. The number of ether oxygens (including phenoxy) is 1. The third-order valence-electron chi connectivity index (χ3n) is 4.55. The van der Waals surface area contributed by atoms with Crippen molar-refractivity contribution in [1.29, 1.82) is 0 Å². The van der Waals surface area contributed by atoms with Crippen molar-refractivity contribution in [3.05, 3.63) is 35.4 Å². The lowest BCUT2D eigenvalue weighted by atomic mass is 10.1. The van der Waals surface area contributed by atoms with Crippen LogP contribution >= 0.6 is 0 Å². The van der Waals surface area contributed by atoms with E-state index in [9.17, 15) is 19.2 Å². The molecule has 2 heterocycles. The summed E-state index contributed by atoms with van der Waals surface area (Å²) in [6, 6.07) is 6.55. The minimum Gasteiger partial charge on any atom is -0.450 e. The molecule has 0 atom stereocenters. The molecule has 0 unspecified atom stereocenters. The molecule has 2 aliphatic rings. The van der Waals surface area contributed by atoms with E-state index in [1.165, 1.54) is 0 Å². The lowest BCUT2D eigenvalue weighted by Crippen LogP contribution is -2.44. The van der Waals surface area contributed by atoms with Crippen molar-refractivity contribution in [3.63, 3.8) is 0 Å². The van der Waals surface area contributed by atoms with Gasteiger partial charge in [-0.25, -0.2) is 4.79 Å². The Bertz CT molecular complexity index is 713. The fourth-order valence-corrected chi connectivity index (χ4v) is 3.18. The second-order valence-corrected chi connectivity index (χ2v) is 6.16. The number of rotatable bonds is 3. The Hall–Kier alpha value is -2.90. The molecule has 8 heteroatoms. The predicted molar refractivity (Wildman–Crippen MR) is 91.6 cm³/mol. The van der Waals surface area contributed by atoms with Gasteiger partial charge in [0, 0.05) is 26.2 Å². The third kappa shape index (κ3) is 3.40. The van der Waals surface area contributed by atoms with Gasteiger partial charge >= 0.3 is 6.09 Å². The molecule has 0 spiro atoms. The van der Waals surface area contributed by atoms with Crippen LogP contribution in [0.1, 0.15) is 34.1 Å². The highest BCUT2D eigenvalue weighted by Crippen LogP contribution is 2.22. The molecule has 0 aliphatic carbocycles. The smallest absolute Gasteiger partial charge is 0.409 e. The monoisotopic (exact) mass is 359 g/mol. The van der Waals surface area contributed by atoms with E-state index >= 15 is 0 Å². The van der Waals surface area contributed by atoms with Crippen molar-refractivity contribution >= 4 is 23.8 Å². The second-order valence-electron chi connectivity index (χ2n) is 6.16. The highest BCUT2D eigenvalue weighted by molar-refractivity contribution is 6.22. The zero-order chi connectivity index (χ0) is 18.7. The van der Waals surface area contributed by atoms with Gasteiger partial charge in [0.25, 0.3) is 11.8 Å². The molecule has 1 fully saturated rings. The van der Waals surface area contributed by atoms with Gasteiger partial charge in [0.1, 0.15) is 6.54 Å². The summed E-state index contributed by atoms with van der Waals surface area (Å²) in [5.74, 6) is -1.19. The first-order valence-corrected chi connectivity index (χ1v) is 8.67. The number of amides is 4. The van der Waals surface area contributed by atoms with Crippen molar-refractivity contribution in [1.82, 2.24) is 14.7 Å². The maximum absolute atomic E-state index is 12.6. The molecule has 0 bridgehead atoms. The van der Waals surface area contributed by atoms with Crippen LogP contribution in [0.3, 0.4) is 0 Å². The third-order valence-corrected chi connectivity index (χ3v) is 4.55. The van der Waals surface area contributed by atoms with Crippen molar-refractivity contribution < 1.29 is 23.9 Å². The van der Waals surface area contributed by atoms with Crippen LogP contribution in [-0.4, -0.2) is 77.8 Å². The molecule has 0 N–H and O–H groups in total. The first-order valence-electron chi connectivity index (χ1n) is 8.67. The first kappa shape index (κ1) is 17.9. The minimum atomic E-state index is -0.443. The Kier molecular flexibility index (Phi) is 5.20. The maximum Gasteiger partial charge on any atom is 0.409 e. The lowest BCUT2D eigenvalue weighted by molar-refractivity contribution is -0.131. The molecule has 138 valence electrons. The number of hydrogen-bond donors (Lipinski definition) is 0. The van der Waals surface area contributed by atoms with E-state index in [0.29, 0.717) is 50.3 Å². The normalized spacial score (nSPS) is 17.2. The van der Waals surface area contributed by atoms with E-state index in [4.69, 9.17) is 4.74 Å². The van der Waals surface area contributed by atoms with Crippen LogP contribution in [0.15, 0.2) is 24.3 Å². The molecule has 26 heavy (non-hydrogen) atoms. The van der Waals surface area contributed by atoms with Crippen LogP contribution in [-0.2, 0) is 9.53 Å². The summed E-state index contributed by atoms with van der Waals surface area (Å²) < 4.78 is 4.99. The lowest BCUT2D eigenvalue weighted by Gasteiger charge is -2.23. The Morgan fingerprint density at radius 2 is 1.54 bits per heavy atom. The van der Waals surface area contributed by atoms with E-state index in [1.807, 2.05) is 0 Å². The molecule has 1 aromatic carbocycles. The van der Waals surface area contributed by atoms with E-state index in [1.54, 1.807) is 41.0 Å². The average Bonchev–Trinajstić information content (AvgIpc) is 2.83. The summed E-state index contributed by atoms with van der Waals surface area (Å²) in [4.78, 5) is 53.3. The molecule has 0 aromatic heterocycles. The summed E-state index contributed by atoms with van der Waals surface area (Å²) in [6.07, 6.45) is 0.231. The van der Waals surface area contributed by atoms with Crippen molar-refractivity contribution in [2.45, 2.75) is 13.3 Å². The molecule has 3 rings (SSSR count). The van der Waals surface area contributed by atoms with Gasteiger partial charge in [0.05, 0.1) is 17.7 Å². The van der Waals surface area contributed by atoms with Gasteiger partial charge in [-0.1, -0.05) is 12.1 Å². The fraction of sp³-hybridized carbons (Fsp3) is 0.444. The number of nitrogens with zero attached hydrogens (tertiary/aromatic N) is 3. The van der Waals surface area contributed by atoms with Gasteiger partial charge in [-0.3, -0.25) is 19.3 Å². The molecule has 0 radical (unpaired) electrons. The molecule has 2 aliphatic heterocycles. The van der Waals surface area contributed by atoms with Gasteiger partial charge in [-0.15, -0.1) is 0 Å². The van der Waals surface area contributed by atoms with Gasteiger partial charge in [0.15, 0.2) is 0 Å². The zero-order valence-electron chi connectivity index (χ0n) is 14.6. The minimum absolute atomic E-state index is 0.286. The van der Waals surface area contributed by atoms with E-state index in [2.05, 4.69) is 0 Å². The molecule has 8 nitrogen and oxygen atoms in total. The topological polar surface area (TPSA) is 87.2 Å². The van der Waals surface area contributed by atoms with Crippen molar-refractivity contribution in [2.24, 2.45) is 0 Å². The highest BCUT2D eigenvalue weighted by atomic mass is 16.6. The van der Waals surface area contributed by atoms with E-state index < -0.39 is 11.8 Å². The Morgan fingerprint density at radius 3 is 2.15 bits per heavy atom. The van der Waals surface area contributed by atoms with Gasteiger partial charge in [-0.2, -0.15) is 0 Å². The van der Waals surface area contributed by atoms with Crippen LogP contribution in [0, 0.1) is 0 Å². The number of carbonyl (C=O) groups is 4. The number of benzene rings is 1. The largest absolute Gasteiger partial charge is 0.450 e. The fourth-order valence-electron chi connectivity index (χ4n) is 3.18. The SMILES string of the molecule is CCOC(=O)N1CCCN(C(=O)CN2C(=O)c3ccccc3C2=O)CC1. The highest BCUT2D eigenvalue weighted by Gasteiger charge is 2.37. The van der Waals surface area contributed by atoms with E-state index in [0.717, 1.165) is 4.90 Å². The molecule has 1 aromatic rings. The van der Waals surface area contributed by atoms with Crippen molar-refractivity contribution in [2.75, 3.05) is 39.3 Å². The molecular weight excluding hydrogens is 338 g/mol. The molecule has 1 saturated heterocycles. The van der Waals surface area contributed by atoms with Gasteiger partial charge in [0.2, 0.25) is 5.91 Å². The standard InChI is InChI=1S/C18H21N3O5/c1-2-26-18(25)20-9-5-8-19(10-11-20)15(22)12-21-16(23)13-6-3-4-7-14(13)17(21)24/h3-4,6-7H,2,5,8-12H2,1H3. The maximum atomic E-state index is 12.6. The van der Waals surface area contributed by atoms with E-state index in [-0.39, 0.29) is 18.5 Å². The number of carbonyl (C=O) groups excluding carboxylic acids is 4. The first-order chi connectivity index (χ1) is 12.5. The van der Waals surface area contributed by atoms with Gasteiger partial charge < -0.3 is 14.5 Å². The van der Waals surface area contributed by atoms with Crippen LogP contribution < -0.4 is 0 Å². The number of imide groups is 1. The second kappa shape index (κ2) is 7.55. The van der Waals surface area contributed by atoms with Crippen LogP contribution in [0.25, 0.3) is 0 Å². The van der Waals surface area contributed by atoms with Crippen LogP contribution in [0.5, 0.6) is 0 Å². The average molecular weight is 359 g/mol. The van der Waals surface area contributed by atoms with Crippen LogP contribution in [0.4, 0.5) is 4.79 Å². The van der Waals surface area contributed by atoms with Gasteiger partial charge in [-0.05, 0) is 25.5 Å². The quantitative estimate of drug-likeness (QED) is 0.751. The summed E-state index contributed by atoms with van der Waals surface area (Å²) in [5, 5.41) is 0. The Labute approximate surface area is 151 Å². The van der Waals surface area contributed by atoms with Crippen molar-refractivity contribution in [3.8, 4) is 0 Å².